The van der Waals surface area contributed by atoms with Crippen molar-refractivity contribution in [1.82, 2.24) is 19.7 Å². The van der Waals surface area contributed by atoms with E-state index in [1.807, 2.05) is 42.6 Å². The summed E-state index contributed by atoms with van der Waals surface area (Å²) in [6.07, 6.45) is 0.101. The monoisotopic (exact) mass is 402 g/mol. The van der Waals surface area contributed by atoms with Gasteiger partial charge in [0.2, 0.25) is 11.8 Å². The zero-order valence-corrected chi connectivity index (χ0v) is 16.4. The fourth-order valence-corrected chi connectivity index (χ4v) is 3.63. The average molecular weight is 403 g/mol. The molecule has 0 saturated heterocycles. The van der Waals surface area contributed by atoms with E-state index in [1.54, 1.807) is 11.6 Å². The van der Waals surface area contributed by atoms with Gasteiger partial charge >= 0.3 is 0 Å². The fraction of sp³-hybridized carbons (Fsp3) is 0.235. The molecule has 3 aromatic rings. The Labute approximate surface area is 164 Å². The van der Waals surface area contributed by atoms with Gasteiger partial charge in [-0.2, -0.15) is 0 Å². The number of thiazole rings is 1. The summed E-state index contributed by atoms with van der Waals surface area (Å²) >= 11 is 2.64. The lowest BCUT2D eigenvalue weighted by Crippen LogP contribution is -2.17. The number of nitrogens with one attached hydrogen (secondary N) is 2. The van der Waals surface area contributed by atoms with E-state index in [-0.39, 0.29) is 24.0 Å². The second-order valence-corrected chi connectivity index (χ2v) is 7.48. The third-order valence-electron chi connectivity index (χ3n) is 3.50. The molecule has 2 aromatic heterocycles. The van der Waals surface area contributed by atoms with Gasteiger partial charge in [-0.15, -0.1) is 21.5 Å². The van der Waals surface area contributed by atoms with Crippen LogP contribution in [0.4, 0.5) is 10.8 Å². The third-order valence-corrected chi connectivity index (χ3v) is 5.39. The molecule has 0 atom stereocenters. The molecule has 0 saturated carbocycles. The van der Waals surface area contributed by atoms with Crippen LogP contribution in [0.3, 0.4) is 0 Å². The highest BCUT2D eigenvalue weighted by molar-refractivity contribution is 7.99. The van der Waals surface area contributed by atoms with Crippen LogP contribution in [0.2, 0.25) is 0 Å². The molecule has 2 N–H and O–H groups in total. The van der Waals surface area contributed by atoms with Gasteiger partial charge in [0.05, 0.1) is 17.9 Å². The van der Waals surface area contributed by atoms with Crippen LogP contribution >= 0.6 is 23.1 Å². The van der Waals surface area contributed by atoms with Crippen LogP contribution in [0.1, 0.15) is 11.5 Å². The molecule has 0 aliphatic heterocycles. The van der Waals surface area contributed by atoms with E-state index < -0.39 is 0 Å². The summed E-state index contributed by atoms with van der Waals surface area (Å²) in [5, 5.41) is 16.7. The highest BCUT2D eigenvalue weighted by atomic mass is 32.2. The van der Waals surface area contributed by atoms with Crippen molar-refractivity contribution < 1.29 is 9.59 Å². The molecule has 1 aromatic carbocycles. The van der Waals surface area contributed by atoms with E-state index in [4.69, 9.17) is 0 Å². The Morgan fingerprint density at radius 2 is 1.93 bits per heavy atom. The Balaban J connectivity index is 1.52. The normalized spacial score (nSPS) is 10.6. The minimum Gasteiger partial charge on any atom is -0.326 e. The fourth-order valence-electron chi connectivity index (χ4n) is 2.19. The van der Waals surface area contributed by atoms with Gasteiger partial charge in [0.15, 0.2) is 10.3 Å². The standard InChI is InChI=1S/C17H18N6O2S2/c1-11-9-26-16(18-11)20-15(25)10-27-17-22-21-13(23(17)2)8-14(24)19-12-6-4-3-5-7-12/h3-7,9H,8,10H2,1-2H3,(H,19,24)(H,18,20,25). The van der Waals surface area contributed by atoms with Gasteiger partial charge in [-0.3, -0.25) is 9.59 Å². The zero-order chi connectivity index (χ0) is 19.2. The second kappa shape index (κ2) is 8.78. The summed E-state index contributed by atoms with van der Waals surface area (Å²) in [6.45, 7) is 1.87. The third kappa shape index (κ3) is 5.38. The van der Waals surface area contributed by atoms with Gasteiger partial charge in [0.1, 0.15) is 5.82 Å². The van der Waals surface area contributed by atoms with Crippen molar-refractivity contribution >= 4 is 45.7 Å². The Morgan fingerprint density at radius 1 is 1.15 bits per heavy atom. The van der Waals surface area contributed by atoms with Crippen molar-refractivity contribution in [3.8, 4) is 0 Å². The summed E-state index contributed by atoms with van der Waals surface area (Å²) in [5.74, 6) is 0.369. The Bertz CT molecular complexity index is 938. The maximum atomic E-state index is 12.1. The molecule has 0 fully saturated rings. The van der Waals surface area contributed by atoms with Crippen LogP contribution in [-0.2, 0) is 23.1 Å². The lowest BCUT2D eigenvalue weighted by Gasteiger charge is -2.05. The van der Waals surface area contributed by atoms with Crippen LogP contribution in [0.5, 0.6) is 0 Å². The molecule has 0 aliphatic rings. The van der Waals surface area contributed by atoms with Crippen molar-refractivity contribution in [3.63, 3.8) is 0 Å². The van der Waals surface area contributed by atoms with Crippen molar-refractivity contribution in [2.45, 2.75) is 18.5 Å². The number of anilines is 2. The van der Waals surface area contributed by atoms with E-state index in [1.165, 1.54) is 23.1 Å². The molecule has 0 aliphatic carbocycles. The minimum absolute atomic E-state index is 0.101. The maximum Gasteiger partial charge on any atom is 0.236 e. The maximum absolute atomic E-state index is 12.1. The van der Waals surface area contributed by atoms with E-state index in [9.17, 15) is 9.59 Å². The number of hydrogen-bond acceptors (Lipinski definition) is 7. The molecule has 10 heteroatoms. The van der Waals surface area contributed by atoms with Crippen molar-refractivity contribution in [3.05, 3.63) is 47.2 Å². The molecule has 0 bridgehead atoms. The van der Waals surface area contributed by atoms with Gasteiger partial charge in [-0.05, 0) is 19.1 Å². The molecule has 0 spiro atoms. The number of carbonyl (C=O) groups is 2. The van der Waals surface area contributed by atoms with Crippen LogP contribution in [0, 0.1) is 6.92 Å². The summed E-state index contributed by atoms with van der Waals surface area (Å²) in [5.41, 5.74) is 1.60. The molecule has 3 rings (SSSR count). The first kappa shape index (κ1) is 19.1. The Hall–Kier alpha value is -2.72. The number of hydrogen-bond donors (Lipinski definition) is 2. The zero-order valence-electron chi connectivity index (χ0n) is 14.8. The van der Waals surface area contributed by atoms with E-state index in [0.29, 0.717) is 16.1 Å². The number of benzene rings is 1. The predicted molar refractivity (Wildman–Crippen MR) is 106 cm³/mol. The molecule has 8 nitrogen and oxygen atoms in total. The minimum atomic E-state index is -0.176. The summed E-state index contributed by atoms with van der Waals surface area (Å²) < 4.78 is 1.72. The number of carbonyl (C=O) groups excluding carboxylic acids is 2. The van der Waals surface area contributed by atoms with Gasteiger partial charge in [-0.25, -0.2) is 4.98 Å². The number of para-hydroxylation sites is 1. The van der Waals surface area contributed by atoms with Gasteiger partial charge in [0, 0.05) is 18.1 Å². The number of nitrogens with zero attached hydrogens (tertiary/aromatic N) is 4. The Morgan fingerprint density at radius 3 is 2.63 bits per heavy atom. The van der Waals surface area contributed by atoms with Gasteiger partial charge in [0.25, 0.3) is 0 Å². The van der Waals surface area contributed by atoms with Crippen molar-refractivity contribution in [2.75, 3.05) is 16.4 Å². The van der Waals surface area contributed by atoms with E-state index in [2.05, 4.69) is 25.8 Å². The first-order valence-corrected chi connectivity index (χ1v) is 9.95. The SMILES string of the molecule is Cc1csc(NC(=O)CSc2nnc(CC(=O)Nc3ccccc3)n2C)n1. The number of amides is 2. The van der Waals surface area contributed by atoms with Gasteiger partial charge < -0.3 is 15.2 Å². The highest BCUT2D eigenvalue weighted by Gasteiger charge is 2.15. The number of rotatable bonds is 7. The number of aryl methyl sites for hydroxylation is 1. The van der Waals surface area contributed by atoms with Gasteiger partial charge in [-0.1, -0.05) is 30.0 Å². The van der Waals surface area contributed by atoms with Crippen molar-refractivity contribution in [1.29, 1.82) is 0 Å². The van der Waals surface area contributed by atoms with Crippen LogP contribution in [0.25, 0.3) is 0 Å². The lowest BCUT2D eigenvalue weighted by atomic mass is 10.3. The van der Waals surface area contributed by atoms with Crippen LogP contribution < -0.4 is 10.6 Å². The molecule has 0 unspecified atom stereocenters. The second-order valence-electron chi connectivity index (χ2n) is 5.68. The largest absolute Gasteiger partial charge is 0.326 e. The molecule has 27 heavy (non-hydrogen) atoms. The molecule has 2 heterocycles. The molecular weight excluding hydrogens is 384 g/mol. The average Bonchev–Trinajstić information content (AvgIpc) is 3.20. The van der Waals surface area contributed by atoms with Crippen LogP contribution in [-0.4, -0.2) is 37.3 Å². The van der Waals surface area contributed by atoms with E-state index in [0.717, 1.165) is 11.4 Å². The molecule has 0 radical (unpaired) electrons. The first-order valence-electron chi connectivity index (χ1n) is 8.09. The topological polar surface area (TPSA) is 102 Å². The molecular formula is C17H18N6O2S2. The van der Waals surface area contributed by atoms with Crippen LogP contribution in [0.15, 0.2) is 40.9 Å². The first-order chi connectivity index (χ1) is 13.0. The summed E-state index contributed by atoms with van der Waals surface area (Å²) in [6, 6.07) is 9.22. The summed E-state index contributed by atoms with van der Waals surface area (Å²) in [4.78, 5) is 28.3. The van der Waals surface area contributed by atoms with E-state index >= 15 is 0 Å². The quantitative estimate of drug-likeness (QED) is 0.589. The lowest BCUT2D eigenvalue weighted by molar-refractivity contribution is -0.116. The summed E-state index contributed by atoms with van der Waals surface area (Å²) in [7, 11) is 1.77. The van der Waals surface area contributed by atoms with Crippen molar-refractivity contribution in [2.24, 2.45) is 7.05 Å². The molecule has 140 valence electrons. The Kier molecular flexibility index (Phi) is 6.20. The molecule has 2 amide bonds. The smallest absolute Gasteiger partial charge is 0.236 e. The number of aromatic nitrogens is 4. The number of thioether (sulfide) groups is 1. The highest BCUT2D eigenvalue weighted by Crippen LogP contribution is 2.18. The predicted octanol–water partition coefficient (Wildman–Crippen LogP) is 2.49.